The first-order valence-electron chi connectivity index (χ1n) is 8.01. The predicted octanol–water partition coefficient (Wildman–Crippen LogP) is 4.55. The van der Waals surface area contributed by atoms with Gasteiger partial charge in [-0.25, -0.2) is 9.97 Å². The summed E-state index contributed by atoms with van der Waals surface area (Å²) in [6.45, 7) is 4.31. The molecular formula is C17H21N5S. The van der Waals surface area contributed by atoms with Crippen molar-refractivity contribution in [3.63, 3.8) is 0 Å². The van der Waals surface area contributed by atoms with Gasteiger partial charge in [-0.15, -0.1) is 11.8 Å². The number of hydrogen-bond donors (Lipinski definition) is 2. The van der Waals surface area contributed by atoms with Gasteiger partial charge >= 0.3 is 0 Å². The van der Waals surface area contributed by atoms with Gasteiger partial charge in [0.2, 0.25) is 5.95 Å². The van der Waals surface area contributed by atoms with Crippen molar-refractivity contribution < 1.29 is 0 Å². The second kappa shape index (κ2) is 7.46. The molecule has 0 unspecified atom stereocenters. The summed E-state index contributed by atoms with van der Waals surface area (Å²) >= 11 is 1.70. The molecule has 3 rings (SSSR count). The SMILES string of the molecule is CCCCc1nc2nc(Nc3ccccc3)nc(SCC)c2[nH]1. The van der Waals surface area contributed by atoms with Crippen LogP contribution in [0.3, 0.4) is 0 Å². The van der Waals surface area contributed by atoms with Gasteiger partial charge in [0.15, 0.2) is 5.65 Å². The summed E-state index contributed by atoms with van der Waals surface area (Å²) in [5, 5.41) is 4.21. The van der Waals surface area contributed by atoms with Crippen molar-refractivity contribution in [3.05, 3.63) is 36.2 Å². The van der Waals surface area contributed by atoms with E-state index in [1.807, 2.05) is 30.3 Å². The Bertz CT molecular complexity index is 769. The van der Waals surface area contributed by atoms with E-state index < -0.39 is 0 Å². The van der Waals surface area contributed by atoms with Crippen molar-refractivity contribution in [3.8, 4) is 0 Å². The summed E-state index contributed by atoms with van der Waals surface area (Å²) in [4.78, 5) is 17.2. The van der Waals surface area contributed by atoms with Gasteiger partial charge in [-0.3, -0.25) is 0 Å². The standard InChI is InChI=1S/C17H21N5S/c1-3-5-11-13-19-14-15(20-13)21-17(22-16(14)23-4-2)18-12-9-7-6-8-10-12/h6-10H,3-5,11H2,1-2H3,(H2,18,19,20,21,22). The van der Waals surface area contributed by atoms with E-state index in [9.17, 15) is 0 Å². The largest absolute Gasteiger partial charge is 0.338 e. The number of para-hydroxylation sites is 1. The highest BCUT2D eigenvalue weighted by molar-refractivity contribution is 7.99. The average molecular weight is 327 g/mol. The Balaban J connectivity index is 1.95. The van der Waals surface area contributed by atoms with E-state index in [-0.39, 0.29) is 0 Å². The molecule has 0 aliphatic heterocycles. The quantitative estimate of drug-likeness (QED) is 0.492. The predicted molar refractivity (Wildman–Crippen MR) is 96.4 cm³/mol. The first-order valence-corrected chi connectivity index (χ1v) is 9.00. The molecule has 2 heterocycles. The third-order valence-electron chi connectivity index (χ3n) is 3.44. The van der Waals surface area contributed by atoms with E-state index in [0.717, 1.165) is 52.7 Å². The molecule has 23 heavy (non-hydrogen) atoms. The van der Waals surface area contributed by atoms with E-state index in [4.69, 9.17) is 0 Å². The zero-order chi connectivity index (χ0) is 16.1. The van der Waals surface area contributed by atoms with Crippen LogP contribution in [0.1, 0.15) is 32.5 Å². The normalized spacial score (nSPS) is 11.0. The van der Waals surface area contributed by atoms with Crippen LogP contribution in [-0.4, -0.2) is 25.7 Å². The maximum absolute atomic E-state index is 4.65. The lowest BCUT2D eigenvalue weighted by Crippen LogP contribution is -1.99. The van der Waals surface area contributed by atoms with E-state index in [0.29, 0.717) is 5.95 Å². The highest BCUT2D eigenvalue weighted by Gasteiger charge is 2.13. The van der Waals surface area contributed by atoms with Crippen LogP contribution in [0.2, 0.25) is 0 Å². The third kappa shape index (κ3) is 3.82. The molecule has 120 valence electrons. The van der Waals surface area contributed by atoms with Crippen LogP contribution in [0.5, 0.6) is 0 Å². The van der Waals surface area contributed by atoms with E-state index in [2.05, 4.69) is 39.1 Å². The fourth-order valence-electron chi connectivity index (χ4n) is 2.33. The second-order valence-electron chi connectivity index (χ2n) is 5.26. The van der Waals surface area contributed by atoms with Crippen LogP contribution in [0, 0.1) is 0 Å². The summed E-state index contributed by atoms with van der Waals surface area (Å²) in [5.74, 6) is 2.54. The number of nitrogens with zero attached hydrogens (tertiary/aromatic N) is 3. The highest BCUT2D eigenvalue weighted by atomic mass is 32.2. The number of benzene rings is 1. The number of imidazole rings is 1. The molecule has 0 fully saturated rings. The van der Waals surface area contributed by atoms with E-state index in [1.54, 1.807) is 11.8 Å². The molecule has 0 atom stereocenters. The molecule has 0 aliphatic rings. The number of rotatable bonds is 7. The fourth-order valence-corrected chi connectivity index (χ4v) is 3.04. The van der Waals surface area contributed by atoms with Crippen molar-refractivity contribution in [2.24, 2.45) is 0 Å². The Morgan fingerprint density at radius 2 is 1.91 bits per heavy atom. The fraction of sp³-hybridized carbons (Fsp3) is 0.353. The van der Waals surface area contributed by atoms with Crippen molar-refractivity contribution in [2.75, 3.05) is 11.1 Å². The van der Waals surface area contributed by atoms with E-state index in [1.165, 1.54) is 0 Å². The number of aromatic amines is 1. The minimum Gasteiger partial charge on any atom is -0.338 e. The molecule has 0 aliphatic carbocycles. The zero-order valence-electron chi connectivity index (χ0n) is 13.5. The molecule has 0 bridgehead atoms. The van der Waals surface area contributed by atoms with E-state index >= 15 is 0 Å². The smallest absolute Gasteiger partial charge is 0.230 e. The minimum absolute atomic E-state index is 0.591. The molecule has 2 N–H and O–H groups in total. The number of anilines is 2. The first-order chi connectivity index (χ1) is 11.3. The van der Waals surface area contributed by atoms with Crippen LogP contribution in [-0.2, 0) is 6.42 Å². The number of aryl methyl sites for hydroxylation is 1. The Morgan fingerprint density at radius 1 is 1.09 bits per heavy atom. The topological polar surface area (TPSA) is 66.5 Å². The molecule has 1 aromatic carbocycles. The number of hydrogen-bond acceptors (Lipinski definition) is 5. The van der Waals surface area contributed by atoms with Crippen LogP contribution in [0.4, 0.5) is 11.6 Å². The highest BCUT2D eigenvalue weighted by Crippen LogP contribution is 2.26. The summed E-state index contributed by atoms with van der Waals surface area (Å²) in [7, 11) is 0. The number of aromatic nitrogens is 4. The number of fused-ring (bicyclic) bond motifs is 1. The molecule has 0 spiro atoms. The van der Waals surface area contributed by atoms with Gasteiger partial charge in [0.05, 0.1) is 0 Å². The van der Waals surface area contributed by atoms with Gasteiger partial charge in [-0.05, 0) is 24.3 Å². The maximum Gasteiger partial charge on any atom is 0.230 e. The summed E-state index contributed by atoms with van der Waals surface area (Å²) in [5.41, 5.74) is 2.66. The van der Waals surface area contributed by atoms with Gasteiger partial charge in [0.1, 0.15) is 16.4 Å². The number of thioether (sulfide) groups is 1. The van der Waals surface area contributed by atoms with Gasteiger partial charge < -0.3 is 10.3 Å². The molecule has 5 nitrogen and oxygen atoms in total. The first kappa shape index (κ1) is 15.8. The monoisotopic (exact) mass is 327 g/mol. The third-order valence-corrected chi connectivity index (χ3v) is 4.30. The van der Waals surface area contributed by atoms with Gasteiger partial charge in [0.25, 0.3) is 0 Å². The summed E-state index contributed by atoms with van der Waals surface area (Å²) in [6, 6.07) is 9.95. The zero-order valence-corrected chi connectivity index (χ0v) is 14.3. The minimum atomic E-state index is 0.591. The average Bonchev–Trinajstić information content (AvgIpc) is 2.97. The molecule has 3 aromatic rings. The van der Waals surface area contributed by atoms with Crippen LogP contribution in [0.25, 0.3) is 11.2 Å². The molecule has 0 radical (unpaired) electrons. The number of unbranched alkanes of at least 4 members (excludes halogenated alkanes) is 1. The lowest BCUT2D eigenvalue weighted by Gasteiger charge is -2.06. The lowest BCUT2D eigenvalue weighted by atomic mass is 10.2. The van der Waals surface area contributed by atoms with Gasteiger partial charge in [-0.2, -0.15) is 4.98 Å². The maximum atomic E-state index is 4.65. The molecule has 0 saturated carbocycles. The Kier molecular flexibility index (Phi) is 5.12. The van der Waals surface area contributed by atoms with Gasteiger partial charge in [0, 0.05) is 12.1 Å². The van der Waals surface area contributed by atoms with Crippen molar-refractivity contribution in [1.29, 1.82) is 0 Å². The molecule has 6 heteroatoms. The lowest BCUT2D eigenvalue weighted by molar-refractivity contribution is 0.764. The van der Waals surface area contributed by atoms with Crippen molar-refractivity contribution in [2.45, 2.75) is 38.1 Å². The Morgan fingerprint density at radius 3 is 2.65 bits per heavy atom. The van der Waals surface area contributed by atoms with Crippen LogP contribution < -0.4 is 5.32 Å². The van der Waals surface area contributed by atoms with Crippen molar-refractivity contribution in [1.82, 2.24) is 19.9 Å². The van der Waals surface area contributed by atoms with Crippen LogP contribution in [0.15, 0.2) is 35.4 Å². The number of H-pyrrole nitrogens is 1. The van der Waals surface area contributed by atoms with Crippen LogP contribution >= 0.6 is 11.8 Å². The Hall–Kier alpha value is -2.08. The van der Waals surface area contributed by atoms with Gasteiger partial charge in [-0.1, -0.05) is 38.5 Å². The molecule has 0 saturated heterocycles. The van der Waals surface area contributed by atoms with Crippen molar-refractivity contribution >= 4 is 34.6 Å². The summed E-state index contributed by atoms with van der Waals surface area (Å²) < 4.78 is 0. The second-order valence-corrected chi connectivity index (χ2v) is 6.51. The summed E-state index contributed by atoms with van der Waals surface area (Å²) in [6.07, 6.45) is 3.23. The number of nitrogens with one attached hydrogen (secondary N) is 2. The molecule has 2 aromatic heterocycles. The molecule has 0 amide bonds. The molecular weight excluding hydrogens is 306 g/mol. The Labute approximate surface area is 140 Å².